The van der Waals surface area contributed by atoms with Crippen LogP contribution in [0, 0.1) is 0 Å². The number of amides is 1. The molecule has 8 heteroatoms. The van der Waals surface area contributed by atoms with Crippen molar-refractivity contribution in [1.29, 1.82) is 0 Å². The summed E-state index contributed by atoms with van der Waals surface area (Å²) in [6, 6.07) is 0. The Bertz CT molecular complexity index is 696. The molecule has 0 aliphatic carbocycles. The maximum absolute atomic E-state index is 12.5. The summed E-state index contributed by atoms with van der Waals surface area (Å²) in [6.45, 7) is 5.25. The molecular formula is C16H22N4O4. The molecule has 0 bridgehead atoms. The number of rotatable bonds is 6. The predicted molar refractivity (Wildman–Crippen MR) is 84.7 cm³/mol. The van der Waals surface area contributed by atoms with Crippen LogP contribution >= 0.6 is 0 Å². The lowest BCUT2D eigenvalue weighted by Crippen LogP contribution is -2.31. The lowest BCUT2D eigenvalue weighted by atomic mass is 10.3. The number of carbonyl (C=O) groups is 1. The number of nitrogens with zero attached hydrogens (tertiary/aromatic N) is 4. The molecule has 1 saturated heterocycles. The number of β-amino-alcohol motifs (C(OH)–C–C–N with tert-alkyl or cyclic N) is 1. The van der Waals surface area contributed by atoms with Gasteiger partial charge in [0, 0.05) is 13.0 Å². The Hall–Kier alpha value is -2.35. The first-order chi connectivity index (χ1) is 11.6. The maximum atomic E-state index is 12.5. The fourth-order valence-electron chi connectivity index (χ4n) is 2.69. The van der Waals surface area contributed by atoms with E-state index in [1.807, 2.05) is 13.8 Å². The standard InChI is InChI=1S/C16H22N4O4/c1-3-5-15-18-12(10-23-15)16(22)19-8-13(21)14(9-19)24-11-6-17-20(4-2)7-11/h6-7,10,13-14,21H,3-5,8-9H2,1-2H3/t13-,14-/m1/s1. The second-order valence-electron chi connectivity index (χ2n) is 5.84. The van der Waals surface area contributed by atoms with E-state index in [1.54, 1.807) is 17.1 Å². The van der Waals surface area contributed by atoms with Crippen molar-refractivity contribution < 1.29 is 19.1 Å². The van der Waals surface area contributed by atoms with Crippen LogP contribution in [0.2, 0.25) is 0 Å². The minimum atomic E-state index is -0.749. The predicted octanol–water partition coefficient (Wildman–Crippen LogP) is 1.11. The molecule has 0 radical (unpaired) electrons. The van der Waals surface area contributed by atoms with E-state index >= 15 is 0 Å². The van der Waals surface area contributed by atoms with Gasteiger partial charge in [0.2, 0.25) is 0 Å². The van der Waals surface area contributed by atoms with E-state index in [-0.39, 0.29) is 18.1 Å². The Labute approximate surface area is 140 Å². The van der Waals surface area contributed by atoms with Gasteiger partial charge in [0.25, 0.3) is 5.91 Å². The summed E-state index contributed by atoms with van der Waals surface area (Å²) in [5.41, 5.74) is 0.269. The fraction of sp³-hybridized carbons (Fsp3) is 0.562. The van der Waals surface area contributed by atoms with E-state index < -0.39 is 12.2 Å². The van der Waals surface area contributed by atoms with Crippen LogP contribution in [0.1, 0.15) is 36.6 Å². The lowest BCUT2D eigenvalue weighted by molar-refractivity contribution is 0.0728. The van der Waals surface area contributed by atoms with Crippen LogP contribution in [0.25, 0.3) is 0 Å². The molecule has 1 amide bonds. The van der Waals surface area contributed by atoms with Gasteiger partial charge in [0.15, 0.2) is 17.3 Å². The Morgan fingerprint density at radius 3 is 3.00 bits per heavy atom. The molecule has 3 heterocycles. The Kier molecular flexibility index (Phi) is 4.84. The number of likely N-dealkylation sites (tertiary alicyclic amines) is 1. The molecule has 2 aromatic heterocycles. The van der Waals surface area contributed by atoms with Crippen LogP contribution in [0.5, 0.6) is 5.75 Å². The molecule has 1 fully saturated rings. The number of aliphatic hydroxyl groups excluding tert-OH is 1. The van der Waals surface area contributed by atoms with Gasteiger partial charge in [-0.2, -0.15) is 5.10 Å². The van der Waals surface area contributed by atoms with Gasteiger partial charge < -0.3 is 19.2 Å². The average molecular weight is 334 g/mol. The van der Waals surface area contributed by atoms with Crippen molar-refractivity contribution in [2.75, 3.05) is 13.1 Å². The van der Waals surface area contributed by atoms with Gasteiger partial charge in [0.1, 0.15) is 18.5 Å². The quantitative estimate of drug-likeness (QED) is 0.850. The topological polar surface area (TPSA) is 93.6 Å². The molecular weight excluding hydrogens is 312 g/mol. The zero-order valence-electron chi connectivity index (χ0n) is 13.9. The molecule has 0 saturated carbocycles. The highest BCUT2D eigenvalue weighted by atomic mass is 16.5. The summed E-state index contributed by atoms with van der Waals surface area (Å²) in [4.78, 5) is 18.2. The summed E-state index contributed by atoms with van der Waals surface area (Å²) in [5.74, 6) is 0.887. The zero-order valence-corrected chi connectivity index (χ0v) is 13.9. The molecule has 1 aliphatic rings. The monoisotopic (exact) mass is 334 g/mol. The third kappa shape index (κ3) is 3.43. The van der Waals surface area contributed by atoms with Crippen molar-refractivity contribution in [3.05, 3.63) is 30.2 Å². The van der Waals surface area contributed by atoms with Crippen LogP contribution in [0.4, 0.5) is 0 Å². The van der Waals surface area contributed by atoms with E-state index in [9.17, 15) is 9.90 Å². The number of carbonyl (C=O) groups excluding carboxylic acids is 1. The Balaban J connectivity index is 1.62. The third-order valence-electron chi connectivity index (χ3n) is 3.98. The van der Waals surface area contributed by atoms with Gasteiger partial charge >= 0.3 is 0 Å². The van der Waals surface area contributed by atoms with Crippen molar-refractivity contribution >= 4 is 5.91 Å². The highest BCUT2D eigenvalue weighted by molar-refractivity contribution is 5.92. The minimum absolute atomic E-state index is 0.210. The van der Waals surface area contributed by atoms with E-state index in [4.69, 9.17) is 9.15 Å². The van der Waals surface area contributed by atoms with Crippen molar-refractivity contribution in [3.8, 4) is 5.75 Å². The highest BCUT2D eigenvalue weighted by Crippen LogP contribution is 2.20. The Morgan fingerprint density at radius 1 is 1.46 bits per heavy atom. The lowest BCUT2D eigenvalue weighted by Gasteiger charge is -2.15. The molecule has 2 aromatic rings. The summed E-state index contributed by atoms with van der Waals surface area (Å²) >= 11 is 0. The Morgan fingerprint density at radius 2 is 2.29 bits per heavy atom. The largest absolute Gasteiger partial charge is 0.482 e. The zero-order chi connectivity index (χ0) is 17.1. The second kappa shape index (κ2) is 7.04. The van der Waals surface area contributed by atoms with Crippen LogP contribution in [-0.2, 0) is 13.0 Å². The van der Waals surface area contributed by atoms with Crippen molar-refractivity contribution in [3.63, 3.8) is 0 Å². The number of hydrogen-bond donors (Lipinski definition) is 1. The van der Waals surface area contributed by atoms with Crippen LogP contribution in [0.15, 0.2) is 23.1 Å². The molecule has 130 valence electrons. The normalized spacial score (nSPS) is 20.5. The number of ether oxygens (including phenoxy) is 1. The van der Waals surface area contributed by atoms with Gasteiger partial charge in [-0.3, -0.25) is 9.48 Å². The number of aryl methyl sites for hydroxylation is 2. The first kappa shape index (κ1) is 16.5. The second-order valence-corrected chi connectivity index (χ2v) is 5.84. The van der Waals surface area contributed by atoms with E-state index in [0.29, 0.717) is 24.6 Å². The molecule has 2 atom stereocenters. The number of aliphatic hydroxyl groups is 1. The molecule has 1 aliphatic heterocycles. The summed E-state index contributed by atoms with van der Waals surface area (Å²) < 4.78 is 12.8. The summed E-state index contributed by atoms with van der Waals surface area (Å²) in [7, 11) is 0. The fourth-order valence-corrected chi connectivity index (χ4v) is 2.69. The van der Waals surface area contributed by atoms with Gasteiger partial charge in [0.05, 0.1) is 25.5 Å². The summed E-state index contributed by atoms with van der Waals surface area (Å²) in [5, 5.41) is 14.3. The highest BCUT2D eigenvalue weighted by Gasteiger charge is 2.37. The van der Waals surface area contributed by atoms with Crippen LogP contribution in [0.3, 0.4) is 0 Å². The van der Waals surface area contributed by atoms with E-state index in [2.05, 4.69) is 10.1 Å². The number of oxazole rings is 1. The van der Waals surface area contributed by atoms with E-state index in [1.165, 1.54) is 11.2 Å². The van der Waals surface area contributed by atoms with Crippen molar-refractivity contribution in [2.24, 2.45) is 0 Å². The van der Waals surface area contributed by atoms with Gasteiger partial charge in [-0.25, -0.2) is 4.98 Å². The average Bonchev–Trinajstić information content (AvgIpc) is 3.29. The van der Waals surface area contributed by atoms with Crippen molar-refractivity contribution in [2.45, 2.75) is 45.4 Å². The molecule has 0 unspecified atom stereocenters. The van der Waals surface area contributed by atoms with Crippen molar-refractivity contribution in [1.82, 2.24) is 19.7 Å². The summed E-state index contributed by atoms with van der Waals surface area (Å²) in [6.07, 6.45) is 5.12. The number of hydrogen-bond acceptors (Lipinski definition) is 6. The first-order valence-electron chi connectivity index (χ1n) is 8.21. The SMILES string of the molecule is CCCc1nc(C(=O)N2C[C@@H](O)[C@H](Oc3cnn(CC)c3)C2)co1. The van der Waals surface area contributed by atoms with E-state index in [0.717, 1.165) is 13.0 Å². The van der Waals surface area contributed by atoms with Gasteiger partial charge in [-0.05, 0) is 13.3 Å². The molecule has 24 heavy (non-hydrogen) atoms. The molecule has 1 N–H and O–H groups in total. The molecule has 0 spiro atoms. The smallest absolute Gasteiger partial charge is 0.276 e. The maximum Gasteiger partial charge on any atom is 0.276 e. The van der Waals surface area contributed by atoms with Crippen LogP contribution < -0.4 is 4.74 Å². The molecule has 0 aromatic carbocycles. The minimum Gasteiger partial charge on any atom is -0.482 e. The van der Waals surface area contributed by atoms with Crippen LogP contribution in [-0.4, -0.2) is 56.0 Å². The van der Waals surface area contributed by atoms with Gasteiger partial charge in [-0.1, -0.05) is 6.92 Å². The first-order valence-corrected chi connectivity index (χ1v) is 8.21. The van der Waals surface area contributed by atoms with Gasteiger partial charge in [-0.15, -0.1) is 0 Å². The molecule has 8 nitrogen and oxygen atoms in total. The molecule has 3 rings (SSSR count). The number of aromatic nitrogens is 3. The third-order valence-corrected chi connectivity index (χ3v) is 3.98.